The van der Waals surface area contributed by atoms with Gasteiger partial charge in [0.05, 0.1) is 20.5 Å². The number of aromatic nitrogens is 2. The van der Waals surface area contributed by atoms with E-state index in [0.29, 0.717) is 11.5 Å². The van der Waals surface area contributed by atoms with E-state index < -0.39 is 15.6 Å². The molecule has 0 spiro atoms. The van der Waals surface area contributed by atoms with E-state index in [4.69, 9.17) is 13.0 Å². The molecular weight excluding hydrogens is 431 g/mol. The minimum absolute atomic E-state index is 0.176. The number of hydrogen-bond acceptors (Lipinski definition) is 4. The van der Waals surface area contributed by atoms with Crippen molar-refractivity contribution in [1.29, 1.82) is 0 Å². The van der Waals surface area contributed by atoms with Crippen molar-refractivity contribution < 1.29 is 30.7 Å². The lowest BCUT2D eigenvalue weighted by Gasteiger charge is -2.46. The summed E-state index contributed by atoms with van der Waals surface area (Å²) in [7, 11) is -1.66. The van der Waals surface area contributed by atoms with Crippen molar-refractivity contribution in [1.82, 2.24) is 9.47 Å². The Balaban J connectivity index is 0.000000512. The SMILES string of the molecule is Cc1c(C)[n+](C)c(C[C@@H]2N(C(C)(C)C)C(C)(C)CC2(C)C)n1C.O=S(=O)([O-])C(F)(F)F. The number of likely N-dealkylation sites (tertiary alicyclic amines) is 1. The first-order chi connectivity index (χ1) is 13.4. The molecular formula is C21H38F3N3O3S. The molecule has 1 aromatic heterocycles. The van der Waals surface area contributed by atoms with Gasteiger partial charge in [0.2, 0.25) is 0 Å². The number of nitrogens with zero attached hydrogens (tertiary/aromatic N) is 3. The van der Waals surface area contributed by atoms with Crippen molar-refractivity contribution >= 4 is 10.1 Å². The van der Waals surface area contributed by atoms with E-state index in [1.807, 2.05) is 0 Å². The van der Waals surface area contributed by atoms with E-state index in [2.05, 4.69) is 90.4 Å². The number of rotatable bonds is 2. The number of alkyl halides is 3. The summed E-state index contributed by atoms with van der Waals surface area (Å²) in [6.07, 6.45) is 2.35. The third-order valence-corrected chi connectivity index (χ3v) is 7.01. The van der Waals surface area contributed by atoms with Gasteiger partial charge in [0, 0.05) is 31.0 Å². The van der Waals surface area contributed by atoms with E-state index in [9.17, 15) is 13.2 Å². The van der Waals surface area contributed by atoms with Gasteiger partial charge in [-0.25, -0.2) is 17.6 Å². The van der Waals surface area contributed by atoms with E-state index in [0.717, 1.165) is 6.42 Å². The van der Waals surface area contributed by atoms with Crippen LogP contribution in [0.5, 0.6) is 0 Å². The van der Waals surface area contributed by atoms with Crippen LogP contribution in [0.2, 0.25) is 0 Å². The zero-order chi connectivity index (χ0) is 25.0. The maximum Gasteiger partial charge on any atom is 0.485 e. The summed E-state index contributed by atoms with van der Waals surface area (Å²) in [6.45, 7) is 21.3. The van der Waals surface area contributed by atoms with Gasteiger partial charge in [-0.15, -0.1) is 0 Å². The average molecular weight is 470 g/mol. The molecule has 1 aromatic rings. The van der Waals surface area contributed by atoms with Gasteiger partial charge in [0.15, 0.2) is 10.1 Å². The molecule has 0 bridgehead atoms. The van der Waals surface area contributed by atoms with Crippen molar-refractivity contribution in [3.8, 4) is 0 Å². The van der Waals surface area contributed by atoms with E-state index in [1.54, 1.807) is 0 Å². The quantitative estimate of drug-likeness (QED) is 0.376. The third kappa shape index (κ3) is 5.82. The van der Waals surface area contributed by atoms with Crippen molar-refractivity contribution in [3.63, 3.8) is 0 Å². The highest BCUT2D eigenvalue weighted by Crippen LogP contribution is 2.50. The summed E-state index contributed by atoms with van der Waals surface area (Å²) in [6, 6.07) is 0.552. The van der Waals surface area contributed by atoms with Crippen LogP contribution in [0.15, 0.2) is 0 Å². The van der Waals surface area contributed by atoms with Crippen LogP contribution in [-0.2, 0) is 30.6 Å². The molecule has 2 rings (SSSR count). The molecule has 1 aliphatic rings. The van der Waals surface area contributed by atoms with Crippen LogP contribution < -0.4 is 4.57 Å². The lowest BCUT2D eigenvalue weighted by atomic mass is 9.80. The van der Waals surface area contributed by atoms with Crippen LogP contribution in [0, 0.1) is 19.3 Å². The van der Waals surface area contributed by atoms with E-state index in [-0.39, 0.29) is 11.1 Å². The molecule has 1 saturated heterocycles. The Labute approximate surface area is 185 Å². The highest BCUT2D eigenvalue weighted by Gasteiger charge is 2.55. The molecule has 0 unspecified atom stereocenters. The Morgan fingerprint density at radius 2 is 1.55 bits per heavy atom. The fourth-order valence-electron chi connectivity index (χ4n) is 5.38. The van der Waals surface area contributed by atoms with Gasteiger partial charge in [-0.3, -0.25) is 4.90 Å². The second-order valence-corrected chi connectivity index (χ2v) is 12.2. The second kappa shape index (κ2) is 8.33. The molecule has 1 aliphatic heterocycles. The Morgan fingerprint density at radius 3 is 1.84 bits per heavy atom. The first kappa shape index (κ1) is 27.9. The fraction of sp³-hybridized carbons (Fsp3) is 0.857. The number of hydrogen-bond donors (Lipinski definition) is 0. The highest BCUT2D eigenvalue weighted by atomic mass is 32.2. The first-order valence-electron chi connectivity index (χ1n) is 10.3. The minimum Gasteiger partial charge on any atom is -0.741 e. The first-order valence-corrected chi connectivity index (χ1v) is 11.7. The van der Waals surface area contributed by atoms with Crippen LogP contribution in [0.4, 0.5) is 13.2 Å². The van der Waals surface area contributed by atoms with Gasteiger partial charge in [0.25, 0.3) is 5.82 Å². The molecule has 10 heteroatoms. The van der Waals surface area contributed by atoms with Crippen LogP contribution in [0.3, 0.4) is 0 Å². The summed E-state index contributed by atoms with van der Waals surface area (Å²) < 4.78 is 63.7. The maximum absolute atomic E-state index is 10.7. The molecule has 0 aromatic carbocycles. The largest absolute Gasteiger partial charge is 0.741 e. The van der Waals surface area contributed by atoms with E-state index >= 15 is 0 Å². The third-order valence-electron chi connectivity index (χ3n) is 6.44. The van der Waals surface area contributed by atoms with Gasteiger partial charge >= 0.3 is 5.51 Å². The van der Waals surface area contributed by atoms with Crippen molar-refractivity contribution in [2.75, 3.05) is 0 Å². The Morgan fingerprint density at radius 1 is 1.13 bits per heavy atom. The van der Waals surface area contributed by atoms with Crippen molar-refractivity contribution in [3.05, 3.63) is 17.2 Å². The minimum atomic E-state index is -6.09. The van der Waals surface area contributed by atoms with Gasteiger partial charge < -0.3 is 4.55 Å². The Kier molecular flexibility index (Phi) is 7.50. The van der Waals surface area contributed by atoms with Crippen LogP contribution in [0.1, 0.15) is 72.1 Å². The normalized spacial score (nSPS) is 21.7. The molecule has 0 radical (unpaired) electrons. The maximum atomic E-state index is 10.7. The molecule has 1 fully saturated rings. The van der Waals surface area contributed by atoms with Gasteiger partial charge in [-0.05, 0) is 46.5 Å². The van der Waals surface area contributed by atoms with Crippen LogP contribution >= 0.6 is 0 Å². The molecule has 31 heavy (non-hydrogen) atoms. The van der Waals surface area contributed by atoms with Crippen LogP contribution in [-0.4, -0.2) is 45.1 Å². The van der Waals surface area contributed by atoms with Crippen LogP contribution in [0.25, 0.3) is 0 Å². The summed E-state index contributed by atoms with van der Waals surface area (Å²) >= 11 is 0. The summed E-state index contributed by atoms with van der Waals surface area (Å²) in [5, 5.41) is 0. The lowest BCUT2D eigenvalue weighted by molar-refractivity contribution is -0.685. The molecule has 0 N–H and O–H groups in total. The predicted octanol–water partition coefficient (Wildman–Crippen LogP) is 3.74. The van der Waals surface area contributed by atoms with E-state index in [1.165, 1.54) is 23.6 Å². The molecule has 2 heterocycles. The monoisotopic (exact) mass is 469 g/mol. The zero-order valence-electron chi connectivity index (χ0n) is 20.6. The smallest absolute Gasteiger partial charge is 0.485 e. The zero-order valence-corrected chi connectivity index (χ0v) is 21.4. The summed E-state index contributed by atoms with van der Waals surface area (Å²) in [4.78, 5) is 2.78. The Hall–Kier alpha value is -1.13. The van der Waals surface area contributed by atoms with Gasteiger partial charge in [-0.1, -0.05) is 13.8 Å². The molecule has 0 saturated carbocycles. The lowest BCUT2D eigenvalue weighted by Crippen LogP contribution is -2.56. The van der Waals surface area contributed by atoms with Gasteiger partial charge in [-0.2, -0.15) is 13.2 Å². The molecule has 0 aliphatic carbocycles. The molecule has 0 amide bonds. The fourth-order valence-corrected chi connectivity index (χ4v) is 5.38. The molecule has 6 nitrogen and oxygen atoms in total. The number of imidazole rings is 1. The van der Waals surface area contributed by atoms with Crippen molar-refractivity contribution in [2.45, 2.75) is 97.8 Å². The van der Waals surface area contributed by atoms with Gasteiger partial charge in [0.1, 0.15) is 11.4 Å². The standard InChI is InChI=1S/C20H38N3.CHF3O3S/c1-14-15(2)22(11)17(21(14)10)12-16-19(6,7)13-20(8,9)23(16)18(3,4)5;2-1(3,4)8(5,6)7/h16H,12-13H2,1-11H3;(H,5,6,7)/q+1;/p-1/t16-;/m0./s1. The highest BCUT2D eigenvalue weighted by molar-refractivity contribution is 7.86. The topological polar surface area (TPSA) is 69.2 Å². The molecule has 182 valence electrons. The summed E-state index contributed by atoms with van der Waals surface area (Å²) in [5.74, 6) is 1.44. The second-order valence-electron chi connectivity index (χ2n) is 10.8. The van der Waals surface area contributed by atoms with Crippen molar-refractivity contribution in [2.24, 2.45) is 19.5 Å². The average Bonchev–Trinajstić information content (AvgIpc) is 2.81. The molecule has 1 atom stereocenters. The summed E-state index contributed by atoms with van der Waals surface area (Å²) in [5.41, 5.74) is -2.17. The Bertz CT molecular complexity index is 886. The predicted molar refractivity (Wildman–Crippen MR) is 113 cm³/mol. The number of halogens is 3.